The molecule has 1 amide bonds. The second kappa shape index (κ2) is 8.63. The summed E-state index contributed by atoms with van der Waals surface area (Å²) in [4.78, 5) is 22.9. The fourth-order valence-corrected chi connectivity index (χ4v) is 5.56. The number of anilines is 1. The van der Waals surface area contributed by atoms with Crippen LogP contribution in [0.25, 0.3) is 0 Å². The molecule has 2 aromatic carbocycles. The molecule has 0 aliphatic rings. The molecule has 0 aliphatic carbocycles. The Morgan fingerprint density at radius 2 is 1.73 bits per heavy atom. The van der Waals surface area contributed by atoms with Crippen molar-refractivity contribution in [2.24, 2.45) is 0 Å². The summed E-state index contributed by atoms with van der Waals surface area (Å²) in [6.07, 6.45) is 0.144. The van der Waals surface area contributed by atoms with Crippen LogP contribution in [0.3, 0.4) is 0 Å². The maximum absolute atomic E-state index is 12.4. The van der Waals surface area contributed by atoms with Crippen LogP contribution in [0.2, 0.25) is 0 Å². The van der Waals surface area contributed by atoms with Crippen molar-refractivity contribution in [3.05, 3.63) is 60.2 Å². The standard InChI is InChI=1S/C16H15NO3SSe/c18-15(19)10-11-21-22-14-9-5-4-8-13(14)16(20)17-12-6-2-1-3-7-12/h1-9H,10-11H2,(H,17,20)(H,18,19). The van der Waals surface area contributed by atoms with Crippen LogP contribution in [0.15, 0.2) is 54.6 Å². The first-order chi connectivity index (χ1) is 10.7. The van der Waals surface area contributed by atoms with E-state index in [2.05, 4.69) is 5.32 Å². The van der Waals surface area contributed by atoms with E-state index in [4.69, 9.17) is 5.11 Å². The number of nitrogens with one attached hydrogen (secondary N) is 1. The van der Waals surface area contributed by atoms with Crippen LogP contribution in [-0.2, 0) is 4.79 Å². The fraction of sp³-hybridized carbons (Fsp3) is 0.125. The van der Waals surface area contributed by atoms with Crippen LogP contribution in [0.1, 0.15) is 16.8 Å². The molecule has 0 heterocycles. The molecule has 114 valence electrons. The molecule has 0 aliphatic heterocycles. The fourth-order valence-electron chi connectivity index (χ4n) is 1.68. The molecule has 2 N–H and O–H groups in total. The minimum atomic E-state index is -0.793. The number of aliphatic carboxylic acids is 1. The van der Waals surface area contributed by atoms with Gasteiger partial charge in [-0.2, -0.15) is 0 Å². The molecule has 0 radical (unpaired) electrons. The molecule has 0 bridgehead atoms. The third-order valence-corrected chi connectivity index (χ3v) is 7.05. The number of benzene rings is 2. The van der Waals surface area contributed by atoms with Crippen molar-refractivity contribution in [3.8, 4) is 0 Å². The molecule has 0 unspecified atom stereocenters. The second-order valence-corrected chi connectivity index (χ2v) is 8.63. The Balaban J connectivity index is 2.01. The van der Waals surface area contributed by atoms with Gasteiger partial charge in [-0.15, -0.1) is 0 Å². The zero-order chi connectivity index (χ0) is 15.8. The van der Waals surface area contributed by atoms with Crippen molar-refractivity contribution in [3.63, 3.8) is 0 Å². The number of rotatable bonds is 7. The molecule has 2 aromatic rings. The van der Waals surface area contributed by atoms with Gasteiger partial charge >= 0.3 is 138 Å². The first-order valence-corrected chi connectivity index (χ1v) is 10.5. The van der Waals surface area contributed by atoms with Gasteiger partial charge in [0.15, 0.2) is 0 Å². The summed E-state index contributed by atoms with van der Waals surface area (Å²) in [5, 5.41) is 11.5. The van der Waals surface area contributed by atoms with E-state index in [1.807, 2.05) is 48.5 Å². The number of hydrogen-bond donors (Lipinski definition) is 2. The van der Waals surface area contributed by atoms with E-state index in [0.717, 1.165) is 10.1 Å². The number of para-hydroxylation sites is 1. The molecule has 0 atom stereocenters. The Kier molecular flexibility index (Phi) is 6.52. The van der Waals surface area contributed by atoms with Crippen LogP contribution in [0.4, 0.5) is 5.69 Å². The van der Waals surface area contributed by atoms with E-state index in [0.29, 0.717) is 11.3 Å². The van der Waals surface area contributed by atoms with E-state index in [9.17, 15) is 9.59 Å². The van der Waals surface area contributed by atoms with E-state index in [1.54, 1.807) is 16.2 Å². The average Bonchev–Trinajstić information content (AvgIpc) is 2.52. The Labute approximate surface area is 138 Å². The average molecular weight is 380 g/mol. The summed E-state index contributed by atoms with van der Waals surface area (Å²) in [5.74, 6) is -0.370. The maximum atomic E-state index is 12.4. The summed E-state index contributed by atoms with van der Waals surface area (Å²) in [6, 6.07) is 16.8. The van der Waals surface area contributed by atoms with Crippen molar-refractivity contribution in [1.82, 2.24) is 0 Å². The predicted octanol–water partition coefficient (Wildman–Crippen LogP) is 2.39. The number of carbonyl (C=O) groups excluding carboxylic acids is 1. The van der Waals surface area contributed by atoms with Gasteiger partial charge in [-0.1, -0.05) is 0 Å². The Bertz CT molecular complexity index is 649. The first-order valence-electron chi connectivity index (χ1n) is 6.63. The summed E-state index contributed by atoms with van der Waals surface area (Å²) in [5.41, 5.74) is 1.41. The van der Waals surface area contributed by atoms with Crippen molar-refractivity contribution in [2.75, 3.05) is 11.1 Å². The summed E-state index contributed by atoms with van der Waals surface area (Å²) in [7, 11) is 1.57. The monoisotopic (exact) mass is 381 g/mol. The first kappa shape index (κ1) is 16.6. The number of hydrogen-bond acceptors (Lipinski definition) is 3. The summed E-state index contributed by atoms with van der Waals surface area (Å²) >= 11 is 0.0140. The van der Waals surface area contributed by atoms with Crippen LogP contribution in [0, 0.1) is 0 Å². The molecule has 0 saturated carbocycles. The number of amides is 1. The Morgan fingerprint density at radius 1 is 1.05 bits per heavy atom. The SMILES string of the molecule is O=C(O)CCS[Se]c1ccccc1C(=O)Nc1ccccc1. The molecule has 0 saturated heterocycles. The summed E-state index contributed by atoms with van der Waals surface area (Å²) < 4.78 is 0.971. The van der Waals surface area contributed by atoms with Crippen molar-refractivity contribution < 1.29 is 14.7 Å². The third-order valence-electron chi connectivity index (χ3n) is 2.71. The summed E-state index contributed by atoms with van der Waals surface area (Å²) in [6.45, 7) is 0. The molecule has 0 fully saturated rings. The van der Waals surface area contributed by atoms with Crippen LogP contribution in [0.5, 0.6) is 0 Å². The Morgan fingerprint density at radius 3 is 2.45 bits per heavy atom. The number of carboxylic acid groups (broad SMARTS) is 1. The number of carboxylic acids is 1. The van der Waals surface area contributed by atoms with Crippen molar-refractivity contribution in [2.45, 2.75) is 6.42 Å². The minimum absolute atomic E-state index is 0.0140. The third kappa shape index (κ3) is 5.22. The molecular weight excluding hydrogens is 365 g/mol. The van der Waals surface area contributed by atoms with Crippen molar-refractivity contribution >= 4 is 46.0 Å². The molecule has 22 heavy (non-hydrogen) atoms. The van der Waals surface area contributed by atoms with E-state index < -0.39 is 5.97 Å². The van der Waals surface area contributed by atoms with Crippen molar-refractivity contribution in [1.29, 1.82) is 0 Å². The van der Waals surface area contributed by atoms with Gasteiger partial charge in [0.05, 0.1) is 0 Å². The molecule has 0 aromatic heterocycles. The quantitative estimate of drug-likeness (QED) is 0.572. The normalized spacial score (nSPS) is 10.2. The van der Waals surface area contributed by atoms with Crippen LogP contribution < -0.4 is 9.78 Å². The molecule has 0 spiro atoms. The predicted molar refractivity (Wildman–Crippen MR) is 90.9 cm³/mol. The van der Waals surface area contributed by atoms with Gasteiger partial charge in [-0.25, -0.2) is 0 Å². The van der Waals surface area contributed by atoms with Gasteiger partial charge in [0.2, 0.25) is 0 Å². The topological polar surface area (TPSA) is 66.4 Å². The van der Waals surface area contributed by atoms with Gasteiger partial charge < -0.3 is 0 Å². The van der Waals surface area contributed by atoms with Gasteiger partial charge in [0.1, 0.15) is 0 Å². The zero-order valence-corrected chi connectivity index (χ0v) is 14.2. The molecule has 4 nitrogen and oxygen atoms in total. The van der Waals surface area contributed by atoms with Gasteiger partial charge in [0.25, 0.3) is 0 Å². The molecule has 2 rings (SSSR count). The van der Waals surface area contributed by atoms with Gasteiger partial charge in [-0.05, 0) is 0 Å². The Hall–Kier alpha value is -1.75. The molecule has 6 heteroatoms. The second-order valence-electron chi connectivity index (χ2n) is 4.37. The zero-order valence-electron chi connectivity index (χ0n) is 11.7. The molecular formula is C16H15NO3SSe. The van der Waals surface area contributed by atoms with Crippen LogP contribution in [-0.4, -0.2) is 36.6 Å². The van der Waals surface area contributed by atoms with E-state index in [-0.39, 0.29) is 26.2 Å². The van der Waals surface area contributed by atoms with E-state index >= 15 is 0 Å². The van der Waals surface area contributed by atoms with E-state index in [1.165, 1.54) is 0 Å². The van der Waals surface area contributed by atoms with Crippen LogP contribution >= 0.6 is 10.2 Å². The number of carbonyl (C=O) groups is 2. The van der Waals surface area contributed by atoms with Gasteiger partial charge in [0, 0.05) is 0 Å². The van der Waals surface area contributed by atoms with Gasteiger partial charge in [-0.3, -0.25) is 0 Å².